The Morgan fingerprint density at radius 1 is 0.609 bits per heavy atom. The van der Waals surface area contributed by atoms with E-state index in [4.69, 9.17) is 0 Å². The standard InChI is InChI=1S/C63H50N6/c1-63(38-36-52(37-39-63)67(50-28-22-45(43-65)23-29-50)54-33-35-62-58(41-54)56-17-9-11-19-60(56)69(62)48-14-6-3-7-15-48)46-24-30-51(31-25-46)66(49-26-20-44(42-64)21-27-49)53-32-34-61-57(40-53)55-16-8-10-18-59(55)68(61)47-12-4-2-5-13-47/h2-6,8,10-14,16,18-22,24-38,40-41,45H,7,9,15,17,23,39H2,1H3. The number of anilines is 4. The van der Waals surface area contributed by atoms with Gasteiger partial charge >= 0.3 is 0 Å². The summed E-state index contributed by atoms with van der Waals surface area (Å²) in [7, 11) is 0. The van der Waals surface area contributed by atoms with E-state index in [0.717, 1.165) is 83.0 Å². The van der Waals surface area contributed by atoms with Crippen molar-refractivity contribution in [2.45, 2.75) is 50.9 Å². The molecule has 6 nitrogen and oxygen atoms in total. The molecule has 0 saturated carbocycles. The summed E-state index contributed by atoms with van der Waals surface area (Å²) in [5, 5.41) is 23.2. The fourth-order valence-corrected chi connectivity index (χ4v) is 10.9. The van der Waals surface area contributed by atoms with Crippen LogP contribution in [0.25, 0.3) is 50.2 Å². The number of hydrogen-bond donors (Lipinski definition) is 0. The molecule has 2 unspecified atom stereocenters. The van der Waals surface area contributed by atoms with Crippen LogP contribution in [0.3, 0.4) is 0 Å². The molecule has 0 fully saturated rings. The molecule has 8 aromatic rings. The number of nitriles is 2. The number of rotatable bonds is 9. The maximum absolute atomic E-state index is 9.78. The monoisotopic (exact) mass is 890 g/mol. The Balaban J connectivity index is 0.891. The van der Waals surface area contributed by atoms with Crippen molar-refractivity contribution in [2.24, 2.45) is 5.92 Å². The second-order valence-electron chi connectivity index (χ2n) is 18.8. The number of allylic oxidation sites excluding steroid dienone is 11. The molecular weight excluding hydrogens is 841 g/mol. The normalized spacial score (nSPS) is 18.4. The van der Waals surface area contributed by atoms with E-state index < -0.39 is 0 Å². The van der Waals surface area contributed by atoms with Crippen molar-refractivity contribution < 1.29 is 0 Å². The van der Waals surface area contributed by atoms with Gasteiger partial charge in [0.05, 0.1) is 40.2 Å². The molecule has 69 heavy (non-hydrogen) atoms. The molecule has 4 aliphatic rings. The van der Waals surface area contributed by atoms with Gasteiger partial charge in [0.2, 0.25) is 0 Å². The molecule has 0 aliphatic heterocycles. The summed E-state index contributed by atoms with van der Waals surface area (Å²) in [4.78, 5) is 4.68. The van der Waals surface area contributed by atoms with E-state index in [1.807, 2.05) is 30.3 Å². The Bertz CT molecular complexity index is 3650. The first-order valence-electron chi connectivity index (χ1n) is 24.1. The number of fused-ring (bicyclic) bond motifs is 6. The van der Waals surface area contributed by atoms with Crippen LogP contribution in [0.1, 0.15) is 61.4 Å². The van der Waals surface area contributed by atoms with Gasteiger partial charge in [-0.15, -0.1) is 0 Å². The zero-order valence-corrected chi connectivity index (χ0v) is 38.6. The molecule has 0 bridgehead atoms. The summed E-state index contributed by atoms with van der Waals surface area (Å²) in [5.74, 6) is -0.122. The topological polar surface area (TPSA) is 63.9 Å². The lowest BCUT2D eigenvalue weighted by Gasteiger charge is -2.35. The predicted octanol–water partition coefficient (Wildman–Crippen LogP) is 15.8. The molecule has 332 valence electrons. The number of nitrogens with zero attached hydrogens (tertiary/aromatic N) is 6. The van der Waals surface area contributed by atoms with E-state index in [0.29, 0.717) is 12.0 Å². The Morgan fingerprint density at radius 3 is 2.00 bits per heavy atom. The lowest BCUT2D eigenvalue weighted by molar-refractivity contribution is 0.595. The lowest BCUT2D eigenvalue weighted by Crippen LogP contribution is -2.27. The number of hydrogen-bond acceptors (Lipinski definition) is 4. The second-order valence-corrected chi connectivity index (χ2v) is 18.8. The van der Waals surface area contributed by atoms with Gasteiger partial charge in [-0.2, -0.15) is 10.5 Å². The van der Waals surface area contributed by atoms with Crippen molar-refractivity contribution in [1.29, 1.82) is 10.5 Å². The summed E-state index contributed by atoms with van der Waals surface area (Å²) >= 11 is 0. The van der Waals surface area contributed by atoms with Gasteiger partial charge in [0.25, 0.3) is 0 Å². The molecule has 6 heteroatoms. The first-order valence-corrected chi connectivity index (χ1v) is 24.1. The third-order valence-corrected chi connectivity index (χ3v) is 14.6. The summed E-state index contributed by atoms with van der Waals surface area (Å²) in [6, 6.07) is 54.5. The summed E-state index contributed by atoms with van der Waals surface area (Å²) in [6.07, 6.45) is 30.4. The van der Waals surface area contributed by atoms with E-state index in [9.17, 15) is 10.5 Å². The van der Waals surface area contributed by atoms with Crippen LogP contribution in [0.4, 0.5) is 22.7 Å². The molecule has 12 rings (SSSR count). The van der Waals surface area contributed by atoms with E-state index in [-0.39, 0.29) is 11.3 Å². The Kier molecular flexibility index (Phi) is 10.5. The fourth-order valence-electron chi connectivity index (χ4n) is 10.9. The van der Waals surface area contributed by atoms with Crippen molar-refractivity contribution in [3.63, 3.8) is 0 Å². The third-order valence-electron chi connectivity index (χ3n) is 14.6. The Labute approximate surface area is 403 Å². The average molecular weight is 891 g/mol. The van der Waals surface area contributed by atoms with Crippen LogP contribution in [0.5, 0.6) is 0 Å². The smallest absolute Gasteiger partial charge is 0.0991 e. The SMILES string of the molecule is CC1(c2ccc(N(c3ccc(C#N)cc3)c3ccc4c(c3)c3ccccc3n4-c3ccccc3)cc2)C=CC(N(C2=CCC(C#N)C=C2)c2ccc3c(c2)c2c(n3C3=CC=CCC3)C=CCC2)=CC1. The fraction of sp³-hybridized carbons (Fsp3) is 0.143. The average Bonchev–Trinajstić information content (AvgIpc) is 3.93. The highest BCUT2D eigenvalue weighted by molar-refractivity contribution is 6.10. The van der Waals surface area contributed by atoms with Crippen molar-refractivity contribution in [3.05, 3.63) is 234 Å². The zero-order chi connectivity index (χ0) is 46.5. The van der Waals surface area contributed by atoms with Gasteiger partial charge in [0, 0.05) is 72.8 Å². The molecule has 4 aliphatic carbocycles. The van der Waals surface area contributed by atoms with Crippen molar-refractivity contribution in [3.8, 4) is 17.8 Å². The van der Waals surface area contributed by atoms with E-state index in [1.54, 1.807) is 0 Å². The van der Waals surface area contributed by atoms with Gasteiger partial charge in [-0.3, -0.25) is 0 Å². The van der Waals surface area contributed by atoms with Crippen LogP contribution in [0.15, 0.2) is 212 Å². The first kappa shape index (κ1) is 41.8. The summed E-state index contributed by atoms with van der Waals surface area (Å²) in [6.45, 7) is 2.33. The molecule has 0 N–H and O–H groups in total. The number of benzene rings is 6. The van der Waals surface area contributed by atoms with Gasteiger partial charge in [0.15, 0.2) is 0 Å². The largest absolute Gasteiger partial charge is 0.313 e. The first-order chi connectivity index (χ1) is 34.0. The summed E-state index contributed by atoms with van der Waals surface area (Å²) in [5.41, 5.74) is 16.8. The highest BCUT2D eigenvalue weighted by Gasteiger charge is 2.29. The van der Waals surface area contributed by atoms with Gasteiger partial charge in [0.1, 0.15) is 0 Å². The maximum Gasteiger partial charge on any atom is 0.0991 e. The molecule has 0 saturated heterocycles. The number of aryl methyl sites for hydroxylation is 1. The molecule has 6 aromatic carbocycles. The minimum Gasteiger partial charge on any atom is -0.313 e. The van der Waals surface area contributed by atoms with E-state index in [1.165, 1.54) is 44.2 Å². The van der Waals surface area contributed by atoms with Gasteiger partial charge in [-0.05, 0) is 165 Å². The van der Waals surface area contributed by atoms with Crippen LogP contribution in [0.2, 0.25) is 0 Å². The highest BCUT2D eigenvalue weighted by atomic mass is 15.2. The van der Waals surface area contributed by atoms with Crippen molar-refractivity contribution in [2.75, 3.05) is 9.80 Å². The zero-order valence-electron chi connectivity index (χ0n) is 38.6. The van der Waals surface area contributed by atoms with Crippen molar-refractivity contribution >= 4 is 67.2 Å². The number of para-hydroxylation sites is 2. The van der Waals surface area contributed by atoms with Crippen LogP contribution in [-0.2, 0) is 11.8 Å². The molecular formula is C63H50N6. The number of aromatic nitrogens is 2. The Hall–Kier alpha value is -8.58. The van der Waals surface area contributed by atoms with Gasteiger partial charge in [-0.1, -0.05) is 98.0 Å². The second kappa shape index (κ2) is 17.3. The highest BCUT2D eigenvalue weighted by Crippen LogP contribution is 2.44. The maximum atomic E-state index is 9.78. The third kappa shape index (κ3) is 7.34. The quantitative estimate of drug-likeness (QED) is 0.145. The van der Waals surface area contributed by atoms with Crippen molar-refractivity contribution in [1.82, 2.24) is 9.13 Å². The van der Waals surface area contributed by atoms with Crippen LogP contribution in [-0.4, -0.2) is 9.13 Å². The van der Waals surface area contributed by atoms with E-state index in [2.05, 4.69) is 214 Å². The lowest BCUT2D eigenvalue weighted by atomic mass is 9.76. The molecule has 0 spiro atoms. The molecule has 2 heterocycles. The van der Waals surface area contributed by atoms with Gasteiger partial charge < -0.3 is 18.9 Å². The van der Waals surface area contributed by atoms with Crippen LogP contribution >= 0.6 is 0 Å². The van der Waals surface area contributed by atoms with Crippen LogP contribution < -0.4 is 9.80 Å². The molecule has 2 aromatic heterocycles. The minimum absolute atomic E-state index is 0.122. The summed E-state index contributed by atoms with van der Waals surface area (Å²) < 4.78 is 4.83. The minimum atomic E-state index is -0.247. The molecule has 0 amide bonds. The van der Waals surface area contributed by atoms with Gasteiger partial charge in [-0.25, -0.2) is 0 Å². The van der Waals surface area contributed by atoms with E-state index >= 15 is 0 Å². The molecule has 2 atom stereocenters. The predicted molar refractivity (Wildman–Crippen MR) is 285 cm³/mol. The van der Waals surface area contributed by atoms with Crippen LogP contribution in [0, 0.1) is 28.6 Å². The Morgan fingerprint density at radius 2 is 1.29 bits per heavy atom. The molecule has 0 radical (unpaired) electrons.